The van der Waals surface area contributed by atoms with E-state index in [0.717, 1.165) is 23.7 Å². The standard InChI is InChI=1S/C9H13BrN2O2S2/c10-6-3-9(15-5-6)16(13,14)12-8-2-1-7(11)4-8/h3,5,7-8,12H,1-2,4,11H2. The molecule has 0 saturated heterocycles. The molecule has 90 valence electrons. The number of sulfonamides is 1. The van der Waals surface area contributed by atoms with Crippen molar-refractivity contribution in [3.05, 3.63) is 15.9 Å². The van der Waals surface area contributed by atoms with E-state index in [1.807, 2.05) is 0 Å². The Labute approximate surface area is 107 Å². The van der Waals surface area contributed by atoms with Gasteiger partial charge in [0.1, 0.15) is 4.21 Å². The molecule has 2 rings (SSSR count). The van der Waals surface area contributed by atoms with Crippen LogP contribution in [0.25, 0.3) is 0 Å². The van der Waals surface area contributed by atoms with Crippen molar-refractivity contribution in [2.75, 3.05) is 0 Å². The van der Waals surface area contributed by atoms with Crippen LogP contribution in [0.15, 0.2) is 20.1 Å². The summed E-state index contributed by atoms with van der Waals surface area (Å²) in [5, 5.41) is 1.76. The number of nitrogens with one attached hydrogen (secondary N) is 1. The van der Waals surface area contributed by atoms with Crippen molar-refractivity contribution in [2.24, 2.45) is 5.73 Å². The van der Waals surface area contributed by atoms with Crippen LogP contribution in [0.1, 0.15) is 19.3 Å². The molecule has 7 heteroatoms. The third-order valence-electron chi connectivity index (χ3n) is 2.60. The number of hydrogen-bond acceptors (Lipinski definition) is 4. The maximum Gasteiger partial charge on any atom is 0.250 e. The van der Waals surface area contributed by atoms with Crippen molar-refractivity contribution in [2.45, 2.75) is 35.6 Å². The molecular weight excluding hydrogens is 312 g/mol. The van der Waals surface area contributed by atoms with Crippen LogP contribution in [0.4, 0.5) is 0 Å². The van der Waals surface area contributed by atoms with Crippen molar-refractivity contribution in [3.63, 3.8) is 0 Å². The van der Waals surface area contributed by atoms with Crippen molar-refractivity contribution < 1.29 is 8.42 Å². The monoisotopic (exact) mass is 324 g/mol. The van der Waals surface area contributed by atoms with E-state index in [0.29, 0.717) is 4.21 Å². The lowest BCUT2D eigenvalue weighted by atomic mass is 10.2. The SMILES string of the molecule is NC1CCC(NS(=O)(=O)c2cc(Br)cs2)C1. The Morgan fingerprint density at radius 1 is 1.50 bits per heavy atom. The number of thiophene rings is 1. The summed E-state index contributed by atoms with van der Waals surface area (Å²) in [4.78, 5) is 0. The van der Waals surface area contributed by atoms with E-state index in [-0.39, 0.29) is 12.1 Å². The van der Waals surface area contributed by atoms with E-state index in [9.17, 15) is 8.42 Å². The summed E-state index contributed by atoms with van der Waals surface area (Å²) in [7, 11) is -3.36. The lowest BCUT2D eigenvalue weighted by molar-refractivity contribution is 0.550. The van der Waals surface area contributed by atoms with E-state index in [4.69, 9.17) is 5.73 Å². The van der Waals surface area contributed by atoms with Crippen LogP contribution in [-0.2, 0) is 10.0 Å². The van der Waals surface area contributed by atoms with Gasteiger partial charge in [0.05, 0.1) is 0 Å². The molecule has 1 aromatic heterocycles. The Hall–Kier alpha value is 0.0500. The molecule has 4 nitrogen and oxygen atoms in total. The number of halogens is 1. The highest BCUT2D eigenvalue weighted by molar-refractivity contribution is 9.10. The molecule has 0 radical (unpaired) electrons. The normalized spacial score (nSPS) is 26.1. The number of hydrogen-bond donors (Lipinski definition) is 2. The third-order valence-corrected chi connectivity index (χ3v) is 6.32. The van der Waals surface area contributed by atoms with E-state index >= 15 is 0 Å². The van der Waals surface area contributed by atoms with Crippen molar-refractivity contribution in [1.29, 1.82) is 0 Å². The van der Waals surface area contributed by atoms with Gasteiger partial charge in [-0.1, -0.05) is 0 Å². The van der Waals surface area contributed by atoms with Crippen LogP contribution in [0.2, 0.25) is 0 Å². The smallest absolute Gasteiger partial charge is 0.250 e. The second-order valence-electron chi connectivity index (χ2n) is 3.98. The van der Waals surface area contributed by atoms with Crippen molar-refractivity contribution in [3.8, 4) is 0 Å². The van der Waals surface area contributed by atoms with Gasteiger partial charge in [-0.2, -0.15) is 0 Å². The first-order chi connectivity index (χ1) is 7.47. The van der Waals surface area contributed by atoms with Crippen LogP contribution in [0, 0.1) is 0 Å². The Morgan fingerprint density at radius 3 is 2.75 bits per heavy atom. The molecule has 0 aliphatic heterocycles. The van der Waals surface area contributed by atoms with Crippen LogP contribution in [-0.4, -0.2) is 20.5 Å². The molecule has 1 aromatic rings. The largest absolute Gasteiger partial charge is 0.328 e. The van der Waals surface area contributed by atoms with Crippen LogP contribution >= 0.6 is 27.3 Å². The Morgan fingerprint density at radius 2 is 2.25 bits per heavy atom. The molecule has 1 aliphatic carbocycles. The zero-order chi connectivity index (χ0) is 11.8. The predicted octanol–water partition coefficient (Wildman–Crippen LogP) is 1.67. The van der Waals surface area contributed by atoms with Crippen LogP contribution in [0.5, 0.6) is 0 Å². The van der Waals surface area contributed by atoms with Gasteiger partial charge in [0, 0.05) is 21.9 Å². The fraction of sp³-hybridized carbons (Fsp3) is 0.556. The highest BCUT2D eigenvalue weighted by Gasteiger charge is 2.27. The minimum absolute atomic E-state index is 0.0131. The number of rotatable bonds is 3. The highest BCUT2D eigenvalue weighted by Crippen LogP contribution is 2.26. The van der Waals surface area contributed by atoms with E-state index in [1.54, 1.807) is 11.4 Å². The maximum atomic E-state index is 11.9. The fourth-order valence-electron chi connectivity index (χ4n) is 1.84. The molecule has 1 fully saturated rings. The topological polar surface area (TPSA) is 72.2 Å². The lowest BCUT2D eigenvalue weighted by Crippen LogP contribution is -2.33. The Balaban J connectivity index is 2.09. The molecule has 3 N–H and O–H groups in total. The van der Waals surface area contributed by atoms with Gasteiger partial charge >= 0.3 is 0 Å². The fourth-order valence-corrected chi connectivity index (χ4v) is 4.99. The molecule has 0 bridgehead atoms. The Bertz CT molecular complexity index is 472. The molecule has 2 unspecified atom stereocenters. The van der Waals surface area contributed by atoms with E-state index < -0.39 is 10.0 Å². The summed E-state index contributed by atoms with van der Waals surface area (Å²) in [6.45, 7) is 0. The van der Waals surface area contributed by atoms with Gasteiger partial charge in [-0.05, 0) is 41.3 Å². The minimum atomic E-state index is -3.36. The molecule has 1 saturated carbocycles. The van der Waals surface area contributed by atoms with Crippen molar-refractivity contribution in [1.82, 2.24) is 4.72 Å². The number of nitrogens with two attached hydrogens (primary N) is 1. The molecule has 1 aliphatic rings. The zero-order valence-corrected chi connectivity index (χ0v) is 11.7. The first-order valence-corrected chi connectivity index (χ1v) is 8.15. The van der Waals surface area contributed by atoms with E-state index in [1.165, 1.54) is 11.3 Å². The minimum Gasteiger partial charge on any atom is -0.328 e. The van der Waals surface area contributed by atoms with Gasteiger partial charge in [-0.25, -0.2) is 13.1 Å². The van der Waals surface area contributed by atoms with Gasteiger partial charge < -0.3 is 5.73 Å². The van der Waals surface area contributed by atoms with Crippen LogP contribution < -0.4 is 10.5 Å². The second kappa shape index (κ2) is 4.73. The molecule has 0 aromatic carbocycles. The summed E-state index contributed by atoms with van der Waals surface area (Å²) in [5.74, 6) is 0. The first-order valence-electron chi connectivity index (χ1n) is 4.99. The van der Waals surface area contributed by atoms with Gasteiger partial charge in [0.15, 0.2) is 0 Å². The molecule has 0 amide bonds. The second-order valence-corrected chi connectivity index (χ2v) is 7.74. The first kappa shape index (κ1) is 12.5. The van der Waals surface area contributed by atoms with Gasteiger partial charge in [0.25, 0.3) is 0 Å². The van der Waals surface area contributed by atoms with Gasteiger partial charge in [0.2, 0.25) is 10.0 Å². The average Bonchev–Trinajstić information content (AvgIpc) is 2.75. The summed E-state index contributed by atoms with van der Waals surface area (Å²) in [6.07, 6.45) is 2.44. The maximum absolute atomic E-state index is 11.9. The molecule has 16 heavy (non-hydrogen) atoms. The quantitative estimate of drug-likeness (QED) is 0.888. The molecule has 2 atom stereocenters. The summed E-state index contributed by atoms with van der Waals surface area (Å²) < 4.78 is 27.7. The van der Waals surface area contributed by atoms with Crippen LogP contribution in [0.3, 0.4) is 0 Å². The summed E-state index contributed by atoms with van der Waals surface area (Å²) in [6, 6.07) is 1.73. The average molecular weight is 325 g/mol. The third kappa shape index (κ3) is 2.84. The van der Waals surface area contributed by atoms with Crippen molar-refractivity contribution >= 4 is 37.3 Å². The lowest BCUT2D eigenvalue weighted by Gasteiger charge is -2.11. The summed E-state index contributed by atoms with van der Waals surface area (Å²) in [5.41, 5.74) is 5.75. The summed E-state index contributed by atoms with van der Waals surface area (Å²) >= 11 is 4.46. The van der Waals surface area contributed by atoms with Gasteiger partial charge in [-0.3, -0.25) is 0 Å². The Kier molecular flexibility index (Phi) is 3.70. The zero-order valence-electron chi connectivity index (χ0n) is 8.52. The van der Waals surface area contributed by atoms with E-state index in [2.05, 4.69) is 20.7 Å². The predicted molar refractivity (Wildman–Crippen MR) is 68.0 cm³/mol. The highest BCUT2D eigenvalue weighted by atomic mass is 79.9. The molecule has 1 heterocycles. The molecule has 0 spiro atoms. The molecular formula is C9H13BrN2O2S2. The van der Waals surface area contributed by atoms with Gasteiger partial charge in [-0.15, -0.1) is 11.3 Å².